The molecule has 3 heteroatoms. The zero-order valence-corrected chi connectivity index (χ0v) is 3.72. The van der Waals surface area contributed by atoms with E-state index in [4.69, 9.17) is 0 Å². The highest BCUT2D eigenvalue weighted by Gasteiger charge is 1.75. The highest BCUT2D eigenvalue weighted by molar-refractivity contribution is 5.36. The molecule has 0 saturated heterocycles. The molecular weight excluding hydrogens is 96.0 g/mol. The number of hydrogen-bond donors (Lipinski definition) is 0. The maximum absolute atomic E-state index is 9.17. The van der Waals surface area contributed by atoms with Crippen LogP contribution in [0.1, 0.15) is 0 Å². The van der Waals surface area contributed by atoms with Crippen LogP contribution in [-0.4, -0.2) is 13.1 Å². The minimum Gasteiger partial charge on any atom is -0.285 e. The fraction of sp³-hybridized carbons (Fsp3) is 0.250. The normalized spacial score (nSPS) is 7.43. The van der Waals surface area contributed by atoms with Crippen LogP contribution >= 0.6 is 0 Å². The Bertz CT molecular complexity index is 52.0. The van der Waals surface area contributed by atoms with E-state index in [1.54, 1.807) is 0 Å². The van der Waals surface area contributed by atoms with Crippen LogP contribution in [0.4, 0.5) is 0 Å². The first-order chi connectivity index (χ1) is 3.41. The Hall–Kier alpha value is -0.830. The van der Waals surface area contributed by atoms with Gasteiger partial charge in [-0.3, -0.25) is 4.89 Å². The van der Waals surface area contributed by atoms with Crippen LogP contribution in [0.2, 0.25) is 0 Å². The molecule has 0 spiro atoms. The minimum absolute atomic E-state index is 0.204. The molecule has 0 N–H and O–H groups in total. The van der Waals surface area contributed by atoms with Crippen LogP contribution in [0.25, 0.3) is 0 Å². The molecule has 0 atom stereocenters. The molecule has 39 valence electrons. The second kappa shape index (κ2) is 5.17. The average molecular weight is 101 g/mol. The summed E-state index contributed by atoms with van der Waals surface area (Å²) in [7, 11) is 0. The van der Waals surface area contributed by atoms with E-state index in [2.05, 4.69) is 16.4 Å². The number of hydrogen-bond acceptors (Lipinski definition) is 3. The molecule has 0 rings (SSSR count). The van der Waals surface area contributed by atoms with E-state index >= 15 is 0 Å². The van der Waals surface area contributed by atoms with E-state index in [0.29, 0.717) is 0 Å². The van der Waals surface area contributed by atoms with Gasteiger partial charge >= 0.3 is 6.47 Å². The molecule has 0 fully saturated rings. The van der Waals surface area contributed by atoms with Crippen LogP contribution in [0, 0.1) is 0 Å². The van der Waals surface area contributed by atoms with Gasteiger partial charge in [0.15, 0.2) is 0 Å². The quantitative estimate of drug-likeness (QED) is 0.219. The van der Waals surface area contributed by atoms with E-state index in [9.17, 15) is 4.79 Å². The lowest BCUT2D eigenvalue weighted by Crippen LogP contribution is -1.89. The lowest BCUT2D eigenvalue weighted by atomic mass is 10.7. The smallest absolute Gasteiger partial charge is 0.285 e. The van der Waals surface area contributed by atoms with E-state index in [0.717, 1.165) is 6.47 Å². The van der Waals surface area contributed by atoms with E-state index in [-0.39, 0.29) is 6.61 Å². The summed E-state index contributed by atoms with van der Waals surface area (Å²) in [5.41, 5.74) is 0. The molecule has 3 nitrogen and oxygen atoms in total. The molecule has 1 radical (unpaired) electrons. The predicted octanol–water partition coefficient (Wildman–Crippen LogP) is 0.188. The summed E-state index contributed by atoms with van der Waals surface area (Å²) >= 11 is 0. The molecule has 0 saturated carbocycles. The highest BCUT2D eigenvalue weighted by atomic mass is 17.2. The second-order valence-corrected chi connectivity index (χ2v) is 0.740. The molecule has 7 heavy (non-hydrogen) atoms. The van der Waals surface area contributed by atoms with Crippen molar-refractivity contribution in [3.63, 3.8) is 0 Å². The van der Waals surface area contributed by atoms with Crippen LogP contribution < -0.4 is 0 Å². The van der Waals surface area contributed by atoms with Gasteiger partial charge in [0.05, 0.1) is 0 Å². The Labute approximate surface area is 41.5 Å². The summed E-state index contributed by atoms with van der Waals surface area (Å²) in [6.45, 7) is 4.58. The van der Waals surface area contributed by atoms with Crippen molar-refractivity contribution in [2.24, 2.45) is 0 Å². The van der Waals surface area contributed by atoms with Gasteiger partial charge in [-0.1, -0.05) is 6.08 Å². The Balaban J connectivity index is 2.68. The summed E-state index contributed by atoms with van der Waals surface area (Å²) in [6, 6.07) is 0. The third-order valence-electron chi connectivity index (χ3n) is 0.279. The molecule has 0 aliphatic carbocycles. The van der Waals surface area contributed by atoms with Gasteiger partial charge in [-0.15, -0.1) is 6.58 Å². The van der Waals surface area contributed by atoms with Gasteiger partial charge in [-0.25, -0.2) is 4.79 Å². The van der Waals surface area contributed by atoms with Gasteiger partial charge in [0.25, 0.3) is 0 Å². The van der Waals surface area contributed by atoms with Gasteiger partial charge in [0.1, 0.15) is 6.61 Å². The van der Waals surface area contributed by atoms with Crippen LogP contribution in [0.5, 0.6) is 0 Å². The standard InChI is InChI=1S/C4H5O3/c1-2-3-6-7-4-5/h2H,1,3H2. The van der Waals surface area contributed by atoms with E-state index < -0.39 is 0 Å². The summed E-state index contributed by atoms with van der Waals surface area (Å²) in [5.74, 6) is 0. The molecule has 0 aromatic heterocycles. The zero-order valence-electron chi connectivity index (χ0n) is 3.72. The molecular formula is C4H5O3. The third-order valence-corrected chi connectivity index (χ3v) is 0.279. The lowest BCUT2D eigenvalue weighted by molar-refractivity contribution is -0.211. The maximum Gasteiger partial charge on any atom is 0.453 e. The Morgan fingerprint density at radius 1 is 1.86 bits per heavy atom. The minimum atomic E-state index is 0.204. The summed E-state index contributed by atoms with van der Waals surface area (Å²) in [4.78, 5) is 17.0. The second-order valence-electron chi connectivity index (χ2n) is 0.740. The van der Waals surface area contributed by atoms with Crippen molar-refractivity contribution in [3.05, 3.63) is 12.7 Å². The maximum atomic E-state index is 9.17. The first-order valence-corrected chi connectivity index (χ1v) is 1.68. The van der Waals surface area contributed by atoms with Gasteiger partial charge < -0.3 is 0 Å². The van der Waals surface area contributed by atoms with Crippen molar-refractivity contribution < 1.29 is 14.6 Å². The molecule has 0 aliphatic heterocycles. The largest absolute Gasteiger partial charge is 0.453 e. The summed E-state index contributed by atoms with van der Waals surface area (Å²) < 4.78 is 0. The SMILES string of the molecule is C=CCOO[C]=O. The molecule has 0 amide bonds. The van der Waals surface area contributed by atoms with E-state index in [1.165, 1.54) is 6.08 Å². The summed E-state index contributed by atoms with van der Waals surface area (Å²) in [5, 5.41) is 0. The predicted molar refractivity (Wildman–Crippen MR) is 22.9 cm³/mol. The number of rotatable bonds is 4. The fourth-order valence-corrected chi connectivity index (χ4v) is 0.106. The fourth-order valence-electron chi connectivity index (χ4n) is 0.106. The van der Waals surface area contributed by atoms with Crippen LogP contribution in [0.3, 0.4) is 0 Å². The van der Waals surface area contributed by atoms with Crippen molar-refractivity contribution in [2.45, 2.75) is 0 Å². The van der Waals surface area contributed by atoms with Gasteiger partial charge in [0, 0.05) is 0 Å². The Kier molecular flexibility index (Phi) is 4.56. The molecule has 0 bridgehead atoms. The Morgan fingerprint density at radius 2 is 2.57 bits per heavy atom. The van der Waals surface area contributed by atoms with Gasteiger partial charge in [-0.2, -0.15) is 4.89 Å². The van der Waals surface area contributed by atoms with Crippen molar-refractivity contribution in [3.8, 4) is 0 Å². The molecule has 0 heterocycles. The van der Waals surface area contributed by atoms with E-state index in [1.807, 2.05) is 0 Å². The first kappa shape index (κ1) is 6.17. The van der Waals surface area contributed by atoms with Gasteiger partial charge in [-0.05, 0) is 0 Å². The molecule has 0 unspecified atom stereocenters. The van der Waals surface area contributed by atoms with Crippen LogP contribution in [0.15, 0.2) is 12.7 Å². The highest BCUT2D eigenvalue weighted by Crippen LogP contribution is 1.70. The van der Waals surface area contributed by atoms with Crippen molar-refractivity contribution in [1.29, 1.82) is 0 Å². The summed E-state index contributed by atoms with van der Waals surface area (Å²) in [6.07, 6.45) is 1.46. The zero-order chi connectivity index (χ0) is 5.54. The number of carbonyl (C=O) groups excluding carboxylic acids is 1. The van der Waals surface area contributed by atoms with Crippen molar-refractivity contribution in [1.82, 2.24) is 0 Å². The lowest BCUT2D eigenvalue weighted by Gasteiger charge is -1.86. The molecule has 0 aromatic rings. The first-order valence-electron chi connectivity index (χ1n) is 1.68. The molecule has 0 aliphatic rings. The topological polar surface area (TPSA) is 35.5 Å². The van der Waals surface area contributed by atoms with Crippen LogP contribution in [-0.2, 0) is 14.6 Å². The Morgan fingerprint density at radius 3 is 3.00 bits per heavy atom. The van der Waals surface area contributed by atoms with Gasteiger partial charge in [0.2, 0.25) is 0 Å². The van der Waals surface area contributed by atoms with Crippen molar-refractivity contribution >= 4 is 6.47 Å². The molecule has 0 aromatic carbocycles. The average Bonchev–Trinajstić information content (AvgIpc) is 1.69. The van der Waals surface area contributed by atoms with Crippen molar-refractivity contribution in [2.75, 3.05) is 6.61 Å². The monoisotopic (exact) mass is 101 g/mol. The third kappa shape index (κ3) is 5.17.